The largest absolute Gasteiger partial charge is 0.488 e. The highest BCUT2D eigenvalue weighted by Crippen LogP contribution is 2.40. The fraction of sp³-hybridized carbons (Fsp3) is 0.320. The molecule has 2 heterocycles. The van der Waals surface area contributed by atoms with Crippen molar-refractivity contribution in [1.29, 1.82) is 0 Å². The van der Waals surface area contributed by atoms with Gasteiger partial charge in [-0.15, -0.1) is 0 Å². The maximum Gasteiger partial charge on any atom is 0.275 e. The number of carbonyl (C=O) groups excluding carboxylic acids is 2. The maximum atomic E-state index is 14.4. The van der Waals surface area contributed by atoms with Crippen molar-refractivity contribution in [1.82, 2.24) is 20.0 Å². The van der Waals surface area contributed by atoms with E-state index in [0.717, 1.165) is 11.3 Å². The van der Waals surface area contributed by atoms with Crippen LogP contribution in [0.15, 0.2) is 42.5 Å². The van der Waals surface area contributed by atoms with Crippen LogP contribution in [0.1, 0.15) is 35.5 Å². The highest BCUT2D eigenvalue weighted by Gasteiger charge is 2.31. The van der Waals surface area contributed by atoms with Gasteiger partial charge in [0.1, 0.15) is 18.2 Å². The van der Waals surface area contributed by atoms with E-state index in [1.165, 1.54) is 11.0 Å². The molecule has 0 saturated carbocycles. The second kappa shape index (κ2) is 9.85. The first-order chi connectivity index (χ1) is 16.3. The third-order valence-electron chi connectivity index (χ3n) is 5.73. The molecule has 0 saturated heterocycles. The van der Waals surface area contributed by atoms with Gasteiger partial charge in [0.25, 0.3) is 5.91 Å². The molecular formula is C25H26ClFN4O3. The Kier molecular flexibility index (Phi) is 6.88. The van der Waals surface area contributed by atoms with Gasteiger partial charge in [0, 0.05) is 54.3 Å². The topological polar surface area (TPSA) is 76.5 Å². The van der Waals surface area contributed by atoms with Gasteiger partial charge in [-0.25, -0.2) is 4.39 Å². The van der Waals surface area contributed by atoms with E-state index < -0.39 is 5.82 Å². The lowest BCUT2D eigenvalue weighted by Gasteiger charge is -2.24. The van der Waals surface area contributed by atoms with E-state index in [1.54, 1.807) is 62.0 Å². The van der Waals surface area contributed by atoms with Gasteiger partial charge in [-0.1, -0.05) is 43.6 Å². The SMILES string of the molecule is CC(C)C(=O)NCCN(Cc1ccccc1F)C(=O)c1nn(C)c2c1COc1ccc(Cl)cc1-2. The number of hydrogen-bond donors (Lipinski definition) is 1. The highest BCUT2D eigenvalue weighted by molar-refractivity contribution is 6.31. The molecule has 0 aliphatic carbocycles. The average Bonchev–Trinajstić information content (AvgIpc) is 3.15. The van der Waals surface area contributed by atoms with Crippen molar-refractivity contribution >= 4 is 23.4 Å². The van der Waals surface area contributed by atoms with Crippen molar-refractivity contribution in [3.63, 3.8) is 0 Å². The first kappa shape index (κ1) is 23.8. The van der Waals surface area contributed by atoms with Gasteiger partial charge in [-0.3, -0.25) is 14.3 Å². The molecule has 1 aliphatic rings. The smallest absolute Gasteiger partial charge is 0.275 e. The number of amides is 2. The Bertz CT molecular complexity index is 1240. The minimum atomic E-state index is -0.401. The normalized spacial score (nSPS) is 12.1. The van der Waals surface area contributed by atoms with E-state index in [9.17, 15) is 14.0 Å². The van der Waals surface area contributed by atoms with E-state index in [4.69, 9.17) is 16.3 Å². The third kappa shape index (κ3) is 4.77. The van der Waals surface area contributed by atoms with E-state index in [2.05, 4.69) is 10.4 Å². The van der Waals surface area contributed by atoms with Crippen molar-refractivity contribution in [2.45, 2.75) is 27.0 Å². The molecule has 178 valence electrons. The average molecular weight is 485 g/mol. The number of nitrogens with zero attached hydrogens (tertiary/aromatic N) is 3. The molecule has 3 aromatic rings. The highest BCUT2D eigenvalue weighted by atomic mass is 35.5. The lowest BCUT2D eigenvalue weighted by atomic mass is 10.0. The summed E-state index contributed by atoms with van der Waals surface area (Å²) in [6.07, 6.45) is 0. The Morgan fingerprint density at radius 2 is 2.03 bits per heavy atom. The van der Waals surface area contributed by atoms with Crippen LogP contribution in [0, 0.1) is 11.7 Å². The summed E-state index contributed by atoms with van der Waals surface area (Å²) in [5.41, 5.74) is 2.77. The monoisotopic (exact) mass is 484 g/mol. The number of benzene rings is 2. The van der Waals surface area contributed by atoms with Crippen molar-refractivity contribution in [3.8, 4) is 17.0 Å². The summed E-state index contributed by atoms with van der Waals surface area (Å²) in [6, 6.07) is 11.6. The van der Waals surface area contributed by atoms with E-state index in [-0.39, 0.29) is 49.7 Å². The van der Waals surface area contributed by atoms with E-state index in [1.807, 2.05) is 0 Å². The summed E-state index contributed by atoms with van der Waals surface area (Å²) in [5, 5.41) is 7.86. The standard InChI is InChI=1S/C25H26ClFN4O3/c1-15(2)24(32)28-10-11-31(13-16-6-4-5-7-20(16)27)25(33)22-19-14-34-21-9-8-17(26)12-18(21)23(19)30(3)29-22/h4-9,12,15H,10-11,13-14H2,1-3H3,(H,28,32). The van der Waals surface area contributed by atoms with Crippen molar-refractivity contribution in [3.05, 3.63) is 70.1 Å². The molecule has 1 aliphatic heterocycles. The molecule has 0 spiro atoms. The summed E-state index contributed by atoms with van der Waals surface area (Å²) >= 11 is 6.19. The second-order valence-electron chi connectivity index (χ2n) is 8.49. The molecule has 1 aromatic heterocycles. The first-order valence-corrected chi connectivity index (χ1v) is 11.4. The van der Waals surface area contributed by atoms with Gasteiger partial charge in [0.15, 0.2) is 5.69 Å². The molecule has 0 fully saturated rings. The molecule has 34 heavy (non-hydrogen) atoms. The zero-order valence-corrected chi connectivity index (χ0v) is 20.0. The zero-order valence-electron chi connectivity index (χ0n) is 19.3. The van der Waals surface area contributed by atoms with Crippen LogP contribution in [0.25, 0.3) is 11.3 Å². The van der Waals surface area contributed by atoms with E-state index >= 15 is 0 Å². The third-order valence-corrected chi connectivity index (χ3v) is 5.96. The van der Waals surface area contributed by atoms with Crippen LogP contribution in [0.5, 0.6) is 5.75 Å². The van der Waals surface area contributed by atoms with Gasteiger partial charge < -0.3 is 15.0 Å². The first-order valence-electron chi connectivity index (χ1n) is 11.0. The molecule has 0 unspecified atom stereocenters. The number of aromatic nitrogens is 2. The summed E-state index contributed by atoms with van der Waals surface area (Å²) in [5.74, 6) is -0.397. The summed E-state index contributed by atoms with van der Waals surface area (Å²) in [7, 11) is 1.76. The molecular weight excluding hydrogens is 459 g/mol. The lowest BCUT2D eigenvalue weighted by molar-refractivity contribution is -0.124. The molecule has 0 atom stereocenters. The van der Waals surface area contributed by atoms with Gasteiger partial charge in [0.2, 0.25) is 5.91 Å². The molecule has 7 nitrogen and oxygen atoms in total. The predicted molar refractivity (Wildman–Crippen MR) is 127 cm³/mol. The molecule has 2 aromatic carbocycles. The fourth-order valence-electron chi connectivity index (χ4n) is 3.93. The molecule has 0 bridgehead atoms. The number of carbonyl (C=O) groups is 2. The Morgan fingerprint density at radius 3 is 2.76 bits per heavy atom. The van der Waals surface area contributed by atoms with Crippen molar-refractivity contribution < 1.29 is 18.7 Å². The number of rotatable bonds is 7. The Balaban J connectivity index is 1.66. The van der Waals surface area contributed by atoms with Crippen LogP contribution in [-0.4, -0.2) is 39.6 Å². The molecule has 2 amide bonds. The van der Waals surface area contributed by atoms with Crippen molar-refractivity contribution in [2.24, 2.45) is 13.0 Å². The number of halogens is 2. The van der Waals surface area contributed by atoms with E-state index in [0.29, 0.717) is 21.9 Å². The van der Waals surface area contributed by atoms with Crippen LogP contribution in [-0.2, 0) is 25.0 Å². The summed E-state index contributed by atoms with van der Waals surface area (Å²) in [4.78, 5) is 27.2. The zero-order chi connectivity index (χ0) is 24.4. The van der Waals surface area contributed by atoms with Gasteiger partial charge in [-0.05, 0) is 24.3 Å². The number of nitrogens with one attached hydrogen (secondary N) is 1. The predicted octanol–water partition coefficient (Wildman–Crippen LogP) is 4.19. The molecule has 4 rings (SSSR count). The minimum absolute atomic E-state index is 0.0394. The van der Waals surface area contributed by atoms with Crippen LogP contribution in [0.4, 0.5) is 4.39 Å². The number of ether oxygens (including phenoxy) is 1. The summed E-state index contributed by atoms with van der Waals surface area (Å²) in [6.45, 7) is 4.24. The minimum Gasteiger partial charge on any atom is -0.488 e. The van der Waals surface area contributed by atoms with Crippen LogP contribution in [0.3, 0.4) is 0 Å². The van der Waals surface area contributed by atoms with Crippen LogP contribution >= 0.6 is 11.6 Å². The summed E-state index contributed by atoms with van der Waals surface area (Å²) < 4.78 is 21.9. The Labute approximate surface area is 202 Å². The number of fused-ring (bicyclic) bond motifs is 3. The lowest BCUT2D eigenvalue weighted by Crippen LogP contribution is -2.40. The van der Waals surface area contributed by atoms with Gasteiger partial charge in [0.05, 0.1) is 5.69 Å². The van der Waals surface area contributed by atoms with Crippen LogP contribution < -0.4 is 10.1 Å². The Hall–Kier alpha value is -3.39. The molecule has 0 radical (unpaired) electrons. The fourth-order valence-corrected chi connectivity index (χ4v) is 4.10. The maximum absolute atomic E-state index is 14.4. The van der Waals surface area contributed by atoms with Gasteiger partial charge in [-0.2, -0.15) is 5.10 Å². The molecule has 1 N–H and O–H groups in total. The van der Waals surface area contributed by atoms with Gasteiger partial charge >= 0.3 is 0 Å². The van der Waals surface area contributed by atoms with Crippen molar-refractivity contribution in [2.75, 3.05) is 13.1 Å². The second-order valence-corrected chi connectivity index (χ2v) is 8.93. The number of aryl methyl sites for hydroxylation is 1. The Morgan fingerprint density at radius 1 is 1.26 bits per heavy atom. The quantitative estimate of drug-likeness (QED) is 0.545. The number of hydrogen-bond acceptors (Lipinski definition) is 4. The molecule has 9 heteroatoms. The van der Waals surface area contributed by atoms with Crippen LogP contribution in [0.2, 0.25) is 5.02 Å².